The summed E-state index contributed by atoms with van der Waals surface area (Å²) in [6, 6.07) is 4.33. The Morgan fingerprint density at radius 1 is 1.05 bits per heavy atom. The maximum absolute atomic E-state index is 13.4. The van der Waals surface area contributed by atoms with Crippen molar-refractivity contribution in [3.63, 3.8) is 0 Å². The zero-order chi connectivity index (χ0) is 14.0. The van der Waals surface area contributed by atoms with Crippen LogP contribution in [-0.4, -0.2) is 9.97 Å². The molecule has 0 aliphatic rings. The first kappa shape index (κ1) is 13.3. The van der Waals surface area contributed by atoms with Crippen molar-refractivity contribution >= 4 is 5.69 Å². The van der Waals surface area contributed by atoms with Gasteiger partial charge in [0.2, 0.25) is 11.6 Å². The molecule has 0 saturated carbocycles. The van der Waals surface area contributed by atoms with Crippen LogP contribution in [0.3, 0.4) is 0 Å². The summed E-state index contributed by atoms with van der Waals surface area (Å²) < 4.78 is 52.6. The standard InChI is InChI=1S/C12H9F4N3/c1-6(7-4-2-3-5-17-7)18-10-8(13)11(15)19-12(16)9(10)14/h2-6H,1H3,(H,18,19). The Morgan fingerprint density at radius 2 is 1.68 bits per heavy atom. The molecule has 2 aromatic rings. The van der Waals surface area contributed by atoms with Gasteiger partial charge in [0.15, 0.2) is 0 Å². The van der Waals surface area contributed by atoms with Crippen molar-refractivity contribution in [3.8, 4) is 0 Å². The van der Waals surface area contributed by atoms with E-state index in [4.69, 9.17) is 0 Å². The van der Waals surface area contributed by atoms with Gasteiger partial charge in [0.05, 0.1) is 11.7 Å². The van der Waals surface area contributed by atoms with Gasteiger partial charge in [-0.2, -0.15) is 22.5 Å². The van der Waals surface area contributed by atoms with Crippen LogP contribution < -0.4 is 5.32 Å². The maximum atomic E-state index is 13.4. The molecule has 100 valence electrons. The Bertz CT molecular complexity index is 563. The van der Waals surface area contributed by atoms with Crippen molar-refractivity contribution in [2.45, 2.75) is 13.0 Å². The van der Waals surface area contributed by atoms with Gasteiger partial charge < -0.3 is 5.32 Å². The SMILES string of the molecule is CC(Nc1c(F)c(F)nc(F)c1F)c1ccccn1. The molecule has 0 aliphatic heterocycles. The highest BCUT2D eigenvalue weighted by Gasteiger charge is 2.22. The summed E-state index contributed by atoms with van der Waals surface area (Å²) in [4.78, 5) is 6.44. The van der Waals surface area contributed by atoms with Gasteiger partial charge in [-0.15, -0.1) is 0 Å². The number of anilines is 1. The lowest BCUT2D eigenvalue weighted by Gasteiger charge is -2.15. The summed E-state index contributed by atoms with van der Waals surface area (Å²) in [5.41, 5.74) is -0.429. The molecule has 2 heterocycles. The second kappa shape index (κ2) is 5.21. The molecule has 19 heavy (non-hydrogen) atoms. The van der Waals surface area contributed by atoms with Crippen LogP contribution in [-0.2, 0) is 0 Å². The van der Waals surface area contributed by atoms with Crippen LogP contribution in [0.4, 0.5) is 23.2 Å². The van der Waals surface area contributed by atoms with E-state index in [1.165, 1.54) is 6.20 Å². The molecule has 1 N–H and O–H groups in total. The van der Waals surface area contributed by atoms with Gasteiger partial charge in [0, 0.05) is 6.20 Å². The lowest BCUT2D eigenvalue weighted by molar-refractivity contribution is 0.409. The van der Waals surface area contributed by atoms with Crippen molar-refractivity contribution in [2.75, 3.05) is 5.32 Å². The molecule has 0 aromatic carbocycles. The largest absolute Gasteiger partial charge is 0.372 e. The first-order chi connectivity index (χ1) is 9.00. The third kappa shape index (κ3) is 2.64. The highest BCUT2D eigenvalue weighted by atomic mass is 19.2. The van der Waals surface area contributed by atoms with Crippen molar-refractivity contribution < 1.29 is 17.6 Å². The van der Waals surface area contributed by atoms with Gasteiger partial charge in [-0.1, -0.05) is 6.07 Å². The third-order valence-electron chi connectivity index (χ3n) is 2.49. The average molecular weight is 271 g/mol. The first-order valence-corrected chi connectivity index (χ1v) is 5.38. The third-order valence-corrected chi connectivity index (χ3v) is 2.49. The molecule has 0 aliphatic carbocycles. The Balaban J connectivity index is 2.34. The summed E-state index contributed by atoms with van der Waals surface area (Å²) in [7, 11) is 0. The van der Waals surface area contributed by atoms with Gasteiger partial charge in [-0.3, -0.25) is 4.98 Å². The summed E-state index contributed by atoms with van der Waals surface area (Å²) in [5, 5.41) is 2.34. The van der Waals surface area contributed by atoms with Gasteiger partial charge in [0.1, 0.15) is 5.69 Å². The molecule has 0 saturated heterocycles. The first-order valence-electron chi connectivity index (χ1n) is 5.38. The molecule has 1 atom stereocenters. The van der Waals surface area contributed by atoms with Crippen LogP contribution in [0.5, 0.6) is 0 Å². The second-order valence-electron chi connectivity index (χ2n) is 3.82. The zero-order valence-corrected chi connectivity index (χ0v) is 9.79. The Hall–Kier alpha value is -2.18. The van der Waals surface area contributed by atoms with E-state index in [1.807, 2.05) is 0 Å². The minimum absolute atomic E-state index is 0.471. The minimum Gasteiger partial charge on any atom is -0.372 e. The van der Waals surface area contributed by atoms with E-state index in [0.717, 1.165) is 0 Å². The molecule has 1 unspecified atom stereocenters. The van der Waals surface area contributed by atoms with E-state index >= 15 is 0 Å². The fraction of sp³-hybridized carbons (Fsp3) is 0.167. The predicted octanol–water partition coefficient (Wildman–Crippen LogP) is 3.21. The van der Waals surface area contributed by atoms with Gasteiger partial charge in [-0.05, 0) is 19.1 Å². The molecule has 0 radical (unpaired) electrons. The molecule has 0 amide bonds. The predicted molar refractivity (Wildman–Crippen MR) is 60.3 cm³/mol. The topological polar surface area (TPSA) is 37.8 Å². The molecule has 3 nitrogen and oxygen atoms in total. The van der Waals surface area contributed by atoms with E-state index < -0.39 is 35.3 Å². The van der Waals surface area contributed by atoms with Crippen molar-refractivity contribution in [3.05, 3.63) is 53.6 Å². The van der Waals surface area contributed by atoms with Crippen LogP contribution in [0.1, 0.15) is 18.7 Å². The molecule has 2 rings (SSSR count). The minimum atomic E-state index is -1.70. The molecular formula is C12H9F4N3. The summed E-state index contributed by atoms with van der Waals surface area (Å²) in [6.07, 6.45) is 1.49. The van der Waals surface area contributed by atoms with E-state index in [0.29, 0.717) is 5.69 Å². The summed E-state index contributed by atoms with van der Waals surface area (Å²) >= 11 is 0. The van der Waals surface area contributed by atoms with Gasteiger partial charge in [-0.25, -0.2) is 0 Å². The summed E-state index contributed by atoms with van der Waals surface area (Å²) in [5.74, 6) is -6.53. The number of hydrogen-bond acceptors (Lipinski definition) is 3. The van der Waals surface area contributed by atoms with Crippen molar-refractivity contribution in [2.24, 2.45) is 0 Å². The van der Waals surface area contributed by atoms with Crippen molar-refractivity contribution in [1.29, 1.82) is 0 Å². The number of rotatable bonds is 3. The highest BCUT2D eigenvalue weighted by molar-refractivity contribution is 5.46. The molecule has 0 fully saturated rings. The van der Waals surface area contributed by atoms with Gasteiger partial charge in [0.25, 0.3) is 11.9 Å². The Morgan fingerprint density at radius 3 is 2.21 bits per heavy atom. The fourth-order valence-corrected chi connectivity index (χ4v) is 1.54. The van der Waals surface area contributed by atoms with Crippen LogP contribution >= 0.6 is 0 Å². The molecular weight excluding hydrogens is 262 g/mol. The smallest absolute Gasteiger partial charge is 0.253 e. The zero-order valence-electron chi connectivity index (χ0n) is 9.79. The number of aromatic nitrogens is 2. The van der Waals surface area contributed by atoms with Crippen LogP contribution in [0.15, 0.2) is 24.4 Å². The molecule has 2 aromatic heterocycles. The highest BCUT2D eigenvalue weighted by Crippen LogP contribution is 2.25. The Labute approximate surface area is 106 Å². The van der Waals surface area contributed by atoms with Crippen LogP contribution in [0.2, 0.25) is 0 Å². The Kier molecular flexibility index (Phi) is 3.64. The van der Waals surface area contributed by atoms with Crippen LogP contribution in [0, 0.1) is 23.5 Å². The van der Waals surface area contributed by atoms with Crippen molar-refractivity contribution in [1.82, 2.24) is 9.97 Å². The van der Waals surface area contributed by atoms with Crippen LogP contribution in [0.25, 0.3) is 0 Å². The molecule has 0 bridgehead atoms. The molecule has 7 heteroatoms. The maximum Gasteiger partial charge on any atom is 0.253 e. The number of pyridine rings is 2. The lowest BCUT2D eigenvalue weighted by Crippen LogP contribution is -2.13. The van der Waals surface area contributed by atoms with E-state index in [2.05, 4.69) is 15.3 Å². The number of nitrogens with one attached hydrogen (secondary N) is 1. The lowest BCUT2D eigenvalue weighted by atomic mass is 10.2. The monoisotopic (exact) mass is 271 g/mol. The average Bonchev–Trinajstić information content (AvgIpc) is 2.42. The number of nitrogens with zero attached hydrogens (tertiary/aromatic N) is 2. The number of halogens is 4. The quantitative estimate of drug-likeness (QED) is 0.688. The van der Waals surface area contributed by atoms with E-state index in [-0.39, 0.29) is 0 Å². The second-order valence-corrected chi connectivity index (χ2v) is 3.82. The normalized spacial score (nSPS) is 12.3. The van der Waals surface area contributed by atoms with E-state index in [1.54, 1.807) is 25.1 Å². The fourth-order valence-electron chi connectivity index (χ4n) is 1.54. The number of hydrogen-bond donors (Lipinski definition) is 1. The van der Waals surface area contributed by atoms with Gasteiger partial charge >= 0.3 is 0 Å². The van der Waals surface area contributed by atoms with E-state index in [9.17, 15) is 17.6 Å². The summed E-state index contributed by atoms with van der Waals surface area (Å²) in [6.45, 7) is 1.55. The molecule has 0 spiro atoms.